The molecule has 0 aliphatic heterocycles. The first-order valence-corrected chi connectivity index (χ1v) is 8.00. The van der Waals surface area contributed by atoms with Crippen molar-refractivity contribution in [3.05, 3.63) is 16.1 Å². The Hall–Kier alpha value is -0.660. The fourth-order valence-electron chi connectivity index (χ4n) is 1.50. The van der Waals surface area contributed by atoms with Gasteiger partial charge in [0, 0.05) is 16.2 Å². The van der Waals surface area contributed by atoms with Crippen LogP contribution in [0.25, 0.3) is 0 Å². The zero-order valence-electron chi connectivity index (χ0n) is 9.99. The van der Waals surface area contributed by atoms with Gasteiger partial charge in [-0.25, -0.2) is 8.42 Å². The lowest BCUT2D eigenvalue weighted by atomic mass is 10.2. The number of benzene rings is 1. The average Bonchev–Trinajstić information content (AvgIpc) is 2.26. The molecule has 0 radical (unpaired) electrons. The summed E-state index contributed by atoms with van der Waals surface area (Å²) in [6.07, 6.45) is 0. The first-order chi connectivity index (χ1) is 8.34. The van der Waals surface area contributed by atoms with Crippen LogP contribution in [0.5, 0.6) is 17.2 Å². The van der Waals surface area contributed by atoms with Gasteiger partial charge in [-0.2, -0.15) is 0 Å². The summed E-state index contributed by atoms with van der Waals surface area (Å²) in [5.41, 5.74) is 0.386. The van der Waals surface area contributed by atoms with E-state index in [-0.39, 0.29) is 5.75 Å². The normalized spacial score (nSPS) is 11.2. The molecular weight excluding hydrogens is 348 g/mol. The maximum Gasteiger partial charge on any atom is 0.236 e. The van der Waals surface area contributed by atoms with Crippen LogP contribution in [0.4, 0.5) is 0 Å². The molecule has 0 heterocycles. The van der Waals surface area contributed by atoms with E-state index >= 15 is 0 Å². The van der Waals surface area contributed by atoms with Gasteiger partial charge < -0.3 is 14.2 Å². The number of methoxy groups -OCH3 is 3. The lowest BCUT2D eigenvalue weighted by Crippen LogP contribution is -2.02. The molecule has 0 saturated carbocycles. The zero-order chi connectivity index (χ0) is 13.9. The SMILES string of the molecule is COc1cc(CS(=O)(=O)Cl)c(OC)c(Br)c1OC. The predicted molar refractivity (Wildman–Crippen MR) is 72.3 cm³/mol. The molecule has 0 spiro atoms. The third-order valence-electron chi connectivity index (χ3n) is 2.18. The molecule has 8 heteroatoms. The quantitative estimate of drug-likeness (QED) is 0.756. The van der Waals surface area contributed by atoms with Gasteiger partial charge in [0.2, 0.25) is 9.05 Å². The Bertz CT molecular complexity index is 544. The minimum absolute atomic E-state index is 0.344. The minimum Gasteiger partial charge on any atom is -0.495 e. The van der Waals surface area contributed by atoms with E-state index in [9.17, 15) is 8.42 Å². The van der Waals surface area contributed by atoms with Gasteiger partial charge in [0.1, 0.15) is 10.2 Å². The number of hydrogen-bond donors (Lipinski definition) is 0. The average molecular weight is 360 g/mol. The molecule has 0 N–H and O–H groups in total. The number of hydrogen-bond acceptors (Lipinski definition) is 5. The van der Waals surface area contributed by atoms with Gasteiger partial charge in [-0.1, -0.05) is 0 Å². The molecule has 0 amide bonds. The van der Waals surface area contributed by atoms with Crippen molar-refractivity contribution >= 4 is 35.7 Å². The van der Waals surface area contributed by atoms with Crippen molar-refractivity contribution < 1.29 is 22.6 Å². The fourth-order valence-corrected chi connectivity index (χ4v) is 3.21. The van der Waals surface area contributed by atoms with Crippen LogP contribution in [-0.2, 0) is 14.8 Å². The van der Waals surface area contributed by atoms with Gasteiger partial charge in [0.25, 0.3) is 0 Å². The Morgan fingerprint density at radius 2 is 1.72 bits per heavy atom. The maximum absolute atomic E-state index is 11.2. The minimum atomic E-state index is -3.70. The summed E-state index contributed by atoms with van der Waals surface area (Å²) in [4.78, 5) is 0. The first-order valence-electron chi connectivity index (χ1n) is 4.73. The summed E-state index contributed by atoms with van der Waals surface area (Å²) in [7, 11) is 5.90. The van der Waals surface area contributed by atoms with Crippen molar-refractivity contribution in [2.75, 3.05) is 21.3 Å². The van der Waals surface area contributed by atoms with Crippen molar-refractivity contribution in [1.82, 2.24) is 0 Å². The smallest absolute Gasteiger partial charge is 0.236 e. The van der Waals surface area contributed by atoms with E-state index in [1.807, 2.05) is 0 Å². The summed E-state index contributed by atoms with van der Waals surface area (Å²) >= 11 is 3.28. The van der Waals surface area contributed by atoms with Crippen LogP contribution in [0.3, 0.4) is 0 Å². The van der Waals surface area contributed by atoms with Crippen LogP contribution in [0.2, 0.25) is 0 Å². The highest BCUT2D eigenvalue weighted by molar-refractivity contribution is 9.10. The van der Waals surface area contributed by atoms with Crippen LogP contribution < -0.4 is 14.2 Å². The van der Waals surface area contributed by atoms with E-state index in [1.54, 1.807) is 0 Å². The highest BCUT2D eigenvalue weighted by Gasteiger charge is 2.21. The second-order valence-corrected chi connectivity index (χ2v) is 6.87. The van der Waals surface area contributed by atoms with Gasteiger partial charge in [-0.15, -0.1) is 0 Å². The lowest BCUT2D eigenvalue weighted by Gasteiger charge is -2.16. The number of ether oxygens (including phenoxy) is 3. The molecule has 0 aromatic heterocycles. The highest BCUT2D eigenvalue weighted by Crippen LogP contribution is 2.44. The monoisotopic (exact) mass is 358 g/mol. The molecule has 0 atom stereocenters. The molecule has 0 saturated heterocycles. The molecule has 18 heavy (non-hydrogen) atoms. The molecule has 0 aliphatic carbocycles. The van der Waals surface area contributed by atoms with Gasteiger partial charge in [-0.3, -0.25) is 0 Å². The summed E-state index contributed by atoms with van der Waals surface area (Å²) < 4.78 is 38.2. The summed E-state index contributed by atoms with van der Waals surface area (Å²) in [6.45, 7) is 0. The Morgan fingerprint density at radius 1 is 1.17 bits per heavy atom. The number of halogens is 2. The topological polar surface area (TPSA) is 61.8 Å². The van der Waals surface area contributed by atoms with E-state index < -0.39 is 9.05 Å². The molecule has 1 aromatic rings. The van der Waals surface area contributed by atoms with Crippen molar-refractivity contribution in [3.63, 3.8) is 0 Å². The second-order valence-electron chi connectivity index (χ2n) is 3.30. The summed E-state index contributed by atoms with van der Waals surface area (Å²) in [5.74, 6) is 0.791. The molecule has 0 bridgehead atoms. The largest absolute Gasteiger partial charge is 0.495 e. The summed E-state index contributed by atoms with van der Waals surface area (Å²) in [5, 5.41) is 0. The second kappa shape index (κ2) is 5.99. The Kier molecular flexibility index (Phi) is 5.12. The van der Waals surface area contributed by atoms with E-state index in [0.29, 0.717) is 27.3 Å². The van der Waals surface area contributed by atoms with Crippen molar-refractivity contribution in [3.8, 4) is 17.2 Å². The third-order valence-corrected chi connectivity index (χ3v) is 3.88. The predicted octanol–water partition coefficient (Wildman–Crippen LogP) is 2.54. The van der Waals surface area contributed by atoms with E-state index in [4.69, 9.17) is 24.9 Å². The van der Waals surface area contributed by atoms with E-state index in [1.165, 1.54) is 27.4 Å². The van der Waals surface area contributed by atoms with Crippen LogP contribution in [-0.4, -0.2) is 29.7 Å². The van der Waals surface area contributed by atoms with Crippen molar-refractivity contribution in [1.29, 1.82) is 0 Å². The fraction of sp³-hybridized carbons (Fsp3) is 0.400. The Balaban J connectivity index is 3.47. The van der Waals surface area contributed by atoms with Gasteiger partial charge in [0.05, 0.1) is 27.1 Å². The van der Waals surface area contributed by atoms with Crippen LogP contribution in [0.15, 0.2) is 10.5 Å². The zero-order valence-corrected chi connectivity index (χ0v) is 13.1. The Morgan fingerprint density at radius 3 is 2.11 bits per heavy atom. The highest BCUT2D eigenvalue weighted by atomic mass is 79.9. The van der Waals surface area contributed by atoms with Crippen molar-refractivity contribution in [2.45, 2.75) is 5.75 Å². The molecule has 0 aliphatic rings. The van der Waals surface area contributed by atoms with Crippen LogP contribution in [0.1, 0.15) is 5.56 Å². The van der Waals surface area contributed by atoms with E-state index in [2.05, 4.69) is 15.9 Å². The van der Waals surface area contributed by atoms with E-state index in [0.717, 1.165) is 0 Å². The third kappa shape index (κ3) is 3.43. The van der Waals surface area contributed by atoms with Gasteiger partial charge in [0.15, 0.2) is 11.5 Å². The van der Waals surface area contributed by atoms with Crippen molar-refractivity contribution in [2.24, 2.45) is 0 Å². The van der Waals surface area contributed by atoms with Gasteiger partial charge >= 0.3 is 0 Å². The Labute approximate surface area is 119 Å². The van der Waals surface area contributed by atoms with Crippen LogP contribution in [0, 0.1) is 0 Å². The maximum atomic E-state index is 11.2. The standard InChI is InChI=1S/C10H12BrClO5S/c1-15-7-4-6(5-18(12,13)14)9(16-2)8(11)10(7)17-3/h4H,5H2,1-3H3. The lowest BCUT2D eigenvalue weighted by molar-refractivity contribution is 0.345. The molecule has 1 rings (SSSR count). The molecule has 1 aromatic carbocycles. The molecule has 5 nitrogen and oxygen atoms in total. The van der Waals surface area contributed by atoms with Gasteiger partial charge in [-0.05, 0) is 22.0 Å². The molecule has 102 valence electrons. The first kappa shape index (κ1) is 15.4. The molecule has 0 unspecified atom stereocenters. The number of rotatable bonds is 5. The molecular formula is C10H12BrClO5S. The molecule has 0 fully saturated rings. The van der Waals surface area contributed by atoms with Crippen LogP contribution >= 0.6 is 26.6 Å². The summed E-state index contributed by atoms with van der Waals surface area (Å²) in [6, 6.07) is 1.52.